The van der Waals surface area contributed by atoms with Crippen LogP contribution in [0.2, 0.25) is 0 Å². The van der Waals surface area contributed by atoms with E-state index in [9.17, 15) is 19.2 Å². The predicted octanol–water partition coefficient (Wildman–Crippen LogP) is 5.10. The lowest BCUT2D eigenvalue weighted by Gasteiger charge is -2.37. The Morgan fingerprint density at radius 3 is 2.32 bits per heavy atom. The molecule has 2 N–H and O–H groups in total. The summed E-state index contributed by atoms with van der Waals surface area (Å²) in [6.45, 7) is 8.01. The lowest BCUT2D eigenvalue weighted by atomic mass is 9.80. The zero-order valence-electron chi connectivity index (χ0n) is 22.2. The summed E-state index contributed by atoms with van der Waals surface area (Å²) in [7, 11) is 0. The second kappa shape index (κ2) is 13.3. The molecule has 1 aromatic heterocycles. The zero-order chi connectivity index (χ0) is 27.7. The van der Waals surface area contributed by atoms with E-state index in [1.165, 1.54) is 6.07 Å². The van der Waals surface area contributed by atoms with Crippen LogP contribution in [-0.2, 0) is 11.3 Å². The number of nitrogens with zero attached hydrogens (tertiary/aromatic N) is 3. The van der Waals surface area contributed by atoms with E-state index in [4.69, 9.17) is 0 Å². The number of rotatable bonds is 10. The Kier molecular flexibility index (Phi) is 9.94. The fraction of sp³-hybridized carbons (Fsp3) is 0.333. The fourth-order valence-corrected chi connectivity index (χ4v) is 4.72. The predicted molar refractivity (Wildman–Crippen MR) is 145 cm³/mol. The molecule has 38 heavy (non-hydrogen) atoms. The first-order valence-electron chi connectivity index (χ1n) is 12.7. The summed E-state index contributed by atoms with van der Waals surface area (Å²) in [6, 6.07) is 18.5. The molecule has 7 nitrogen and oxygen atoms in total. The van der Waals surface area contributed by atoms with E-state index in [0.29, 0.717) is 16.7 Å². The summed E-state index contributed by atoms with van der Waals surface area (Å²) in [5.74, 6) is -1.67. The summed E-state index contributed by atoms with van der Waals surface area (Å²) in [5.41, 5.74) is 2.28. The van der Waals surface area contributed by atoms with Gasteiger partial charge in [-0.25, -0.2) is 9.18 Å². The first kappa shape index (κ1) is 28.3. The Bertz CT molecular complexity index is 1260. The molecule has 0 spiro atoms. The molecule has 0 aliphatic heterocycles. The van der Waals surface area contributed by atoms with Crippen molar-refractivity contribution in [3.8, 4) is 6.07 Å². The van der Waals surface area contributed by atoms with Gasteiger partial charge in [0.05, 0.1) is 17.6 Å². The van der Waals surface area contributed by atoms with Gasteiger partial charge in [-0.3, -0.25) is 9.78 Å². The SMILES string of the molecule is CC(C)N(C(=O)C(c1cccnc1)C(CNC(=O)NCc1ccccc1F)c1cccc(C#N)c1)C(C)C. The van der Waals surface area contributed by atoms with Crippen molar-refractivity contribution < 1.29 is 14.0 Å². The molecule has 3 rings (SSSR count). The van der Waals surface area contributed by atoms with Crippen molar-refractivity contribution in [1.29, 1.82) is 5.26 Å². The number of aromatic nitrogens is 1. The van der Waals surface area contributed by atoms with Crippen LogP contribution in [-0.4, -0.2) is 40.5 Å². The zero-order valence-corrected chi connectivity index (χ0v) is 22.2. The van der Waals surface area contributed by atoms with Crippen molar-refractivity contribution in [1.82, 2.24) is 20.5 Å². The van der Waals surface area contributed by atoms with Crippen LogP contribution in [0.15, 0.2) is 73.1 Å². The minimum Gasteiger partial charge on any atom is -0.338 e. The third kappa shape index (κ3) is 7.16. The number of carbonyl (C=O) groups is 2. The summed E-state index contributed by atoms with van der Waals surface area (Å²) >= 11 is 0. The molecule has 0 aliphatic rings. The molecule has 2 atom stereocenters. The van der Waals surface area contributed by atoms with Gasteiger partial charge in [-0.2, -0.15) is 5.26 Å². The van der Waals surface area contributed by atoms with Crippen molar-refractivity contribution in [2.75, 3.05) is 6.54 Å². The van der Waals surface area contributed by atoms with Gasteiger partial charge in [-0.05, 0) is 63.1 Å². The monoisotopic (exact) mass is 515 g/mol. The second-order valence-electron chi connectivity index (χ2n) is 9.70. The molecule has 198 valence electrons. The van der Waals surface area contributed by atoms with Crippen LogP contribution in [0.5, 0.6) is 0 Å². The lowest BCUT2D eigenvalue weighted by molar-refractivity contribution is -0.137. The summed E-state index contributed by atoms with van der Waals surface area (Å²) in [6.07, 6.45) is 3.31. The smallest absolute Gasteiger partial charge is 0.315 e. The Morgan fingerprint density at radius 2 is 1.68 bits per heavy atom. The molecule has 1 heterocycles. The number of hydrogen-bond donors (Lipinski definition) is 2. The summed E-state index contributed by atoms with van der Waals surface area (Å²) in [4.78, 5) is 33.0. The van der Waals surface area contributed by atoms with Gasteiger partial charge in [0.25, 0.3) is 0 Å². The Morgan fingerprint density at radius 1 is 0.974 bits per heavy atom. The Hall–Kier alpha value is -4.25. The van der Waals surface area contributed by atoms with Crippen LogP contribution in [0.1, 0.15) is 61.8 Å². The minimum atomic E-state index is -0.672. The topological polar surface area (TPSA) is 98.1 Å². The van der Waals surface area contributed by atoms with Crippen LogP contribution >= 0.6 is 0 Å². The van der Waals surface area contributed by atoms with Crippen LogP contribution in [0.25, 0.3) is 0 Å². The van der Waals surface area contributed by atoms with Gasteiger partial charge in [0, 0.05) is 49.0 Å². The number of carbonyl (C=O) groups excluding carboxylic acids is 2. The summed E-state index contributed by atoms with van der Waals surface area (Å²) < 4.78 is 14.0. The molecule has 0 radical (unpaired) electrons. The van der Waals surface area contributed by atoms with Gasteiger partial charge < -0.3 is 15.5 Å². The quantitative estimate of drug-likeness (QED) is 0.392. The second-order valence-corrected chi connectivity index (χ2v) is 9.70. The standard InChI is InChI=1S/C30H34FN5O2/c1-20(2)36(21(3)4)29(37)28(25-12-8-14-33-17-25)26(23-11-7-9-22(15-23)16-32)19-35-30(38)34-18-24-10-5-6-13-27(24)31/h5-15,17,20-21,26,28H,18-19H2,1-4H3,(H2,34,35,38). The third-order valence-corrected chi connectivity index (χ3v) is 6.40. The van der Waals surface area contributed by atoms with E-state index in [1.54, 1.807) is 54.9 Å². The molecular formula is C30H34FN5O2. The highest BCUT2D eigenvalue weighted by atomic mass is 19.1. The van der Waals surface area contributed by atoms with E-state index < -0.39 is 23.7 Å². The Balaban J connectivity index is 1.96. The third-order valence-electron chi connectivity index (χ3n) is 6.40. The molecule has 0 aliphatic carbocycles. The average Bonchev–Trinajstić information content (AvgIpc) is 2.90. The molecule has 3 amide bonds. The highest BCUT2D eigenvalue weighted by Crippen LogP contribution is 2.35. The van der Waals surface area contributed by atoms with Gasteiger partial charge >= 0.3 is 6.03 Å². The molecule has 8 heteroatoms. The summed E-state index contributed by atoms with van der Waals surface area (Å²) in [5, 5.41) is 15.1. The van der Waals surface area contributed by atoms with Gasteiger partial charge in [0.2, 0.25) is 5.91 Å². The highest BCUT2D eigenvalue weighted by Gasteiger charge is 2.36. The first-order valence-corrected chi connectivity index (χ1v) is 12.7. The molecule has 0 bridgehead atoms. The van der Waals surface area contributed by atoms with Gasteiger partial charge in [-0.1, -0.05) is 36.4 Å². The van der Waals surface area contributed by atoms with E-state index in [1.807, 2.05) is 44.7 Å². The van der Waals surface area contributed by atoms with Crippen molar-refractivity contribution in [3.05, 3.63) is 101 Å². The number of pyridine rings is 1. The molecule has 3 aromatic rings. The van der Waals surface area contributed by atoms with Crippen LogP contribution < -0.4 is 10.6 Å². The van der Waals surface area contributed by atoms with E-state index in [0.717, 1.165) is 5.56 Å². The average molecular weight is 516 g/mol. The van der Waals surface area contributed by atoms with Gasteiger partial charge in [0.1, 0.15) is 5.82 Å². The number of amides is 3. The number of halogens is 1. The van der Waals surface area contributed by atoms with Crippen LogP contribution in [0, 0.1) is 17.1 Å². The number of hydrogen-bond acceptors (Lipinski definition) is 4. The number of urea groups is 1. The molecule has 0 saturated heterocycles. The van der Waals surface area contributed by atoms with Crippen LogP contribution in [0.3, 0.4) is 0 Å². The molecular weight excluding hydrogens is 481 g/mol. The number of benzene rings is 2. The van der Waals surface area contributed by atoms with Gasteiger partial charge in [-0.15, -0.1) is 0 Å². The molecule has 0 saturated carbocycles. The van der Waals surface area contributed by atoms with E-state index in [2.05, 4.69) is 21.7 Å². The van der Waals surface area contributed by atoms with Crippen molar-refractivity contribution in [2.45, 2.75) is 58.2 Å². The largest absolute Gasteiger partial charge is 0.338 e. The van der Waals surface area contributed by atoms with Crippen molar-refractivity contribution >= 4 is 11.9 Å². The minimum absolute atomic E-state index is 0.0204. The molecule has 2 unspecified atom stereocenters. The normalized spacial score (nSPS) is 12.5. The van der Waals surface area contributed by atoms with Gasteiger partial charge in [0.15, 0.2) is 0 Å². The molecule has 2 aromatic carbocycles. The van der Waals surface area contributed by atoms with Crippen LogP contribution in [0.4, 0.5) is 9.18 Å². The maximum absolute atomic E-state index is 14.2. The maximum atomic E-state index is 14.2. The maximum Gasteiger partial charge on any atom is 0.315 e. The number of nitrogens with one attached hydrogen (secondary N) is 2. The Labute approximate surface area is 223 Å². The van der Waals surface area contributed by atoms with E-state index in [-0.39, 0.29) is 31.1 Å². The van der Waals surface area contributed by atoms with E-state index >= 15 is 0 Å². The van der Waals surface area contributed by atoms with Crippen molar-refractivity contribution in [3.63, 3.8) is 0 Å². The number of nitriles is 1. The van der Waals surface area contributed by atoms with Crippen molar-refractivity contribution in [2.24, 2.45) is 0 Å². The fourth-order valence-electron chi connectivity index (χ4n) is 4.72. The molecule has 0 fully saturated rings. The lowest BCUT2D eigenvalue weighted by Crippen LogP contribution is -2.47. The highest BCUT2D eigenvalue weighted by molar-refractivity contribution is 5.85. The first-order chi connectivity index (χ1) is 18.2.